The zero-order valence-corrected chi connectivity index (χ0v) is 14.1. The molecule has 3 rings (SSSR count). The molecule has 6 nitrogen and oxygen atoms in total. The molecule has 0 bridgehead atoms. The van der Waals surface area contributed by atoms with Gasteiger partial charge in [-0.05, 0) is 47.7 Å². The molecule has 0 unspecified atom stereocenters. The van der Waals surface area contributed by atoms with E-state index in [-0.39, 0.29) is 16.5 Å². The van der Waals surface area contributed by atoms with Crippen molar-refractivity contribution < 1.29 is 22.4 Å². The van der Waals surface area contributed by atoms with E-state index in [4.69, 9.17) is 11.6 Å². The van der Waals surface area contributed by atoms with Crippen molar-refractivity contribution in [3.05, 3.63) is 58.9 Å². The Hall–Kier alpha value is -3.01. The SMILES string of the molecule is O=C(Cn1nnc(-c2ccc(F)cc2)n1)Nc1cc(C(F)(F)F)ccc1Cl. The van der Waals surface area contributed by atoms with E-state index in [1.165, 1.54) is 24.3 Å². The maximum absolute atomic E-state index is 12.9. The topological polar surface area (TPSA) is 72.7 Å². The highest BCUT2D eigenvalue weighted by Gasteiger charge is 2.31. The minimum Gasteiger partial charge on any atom is -0.323 e. The Kier molecular flexibility index (Phi) is 5.08. The number of alkyl halides is 3. The molecule has 1 aromatic heterocycles. The fourth-order valence-corrected chi connectivity index (χ4v) is 2.31. The van der Waals surface area contributed by atoms with E-state index in [9.17, 15) is 22.4 Å². The van der Waals surface area contributed by atoms with Gasteiger partial charge in [0, 0.05) is 5.56 Å². The van der Waals surface area contributed by atoms with Gasteiger partial charge in [-0.25, -0.2) is 4.39 Å². The molecule has 2 aromatic carbocycles. The van der Waals surface area contributed by atoms with Crippen LogP contribution in [-0.2, 0) is 17.5 Å². The molecule has 0 radical (unpaired) electrons. The number of anilines is 1. The van der Waals surface area contributed by atoms with Gasteiger partial charge >= 0.3 is 6.18 Å². The first-order chi connectivity index (χ1) is 12.7. The molecule has 11 heteroatoms. The molecule has 1 N–H and O–H groups in total. The molecule has 0 aliphatic carbocycles. The summed E-state index contributed by atoms with van der Waals surface area (Å²) < 4.78 is 51.2. The molecule has 0 saturated carbocycles. The zero-order chi connectivity index (χ0) is 19.6. The maximum atomic E-state index is 12.9. The predicted molar refractivity (Wildman–Crippen MR) is 88.3 cm³/mol. The van der Waals surface area contributed by atoms with E-state index in [0.717, 1.165) is 23.0 Å². The van der Waals surface area contributed by atoms with Gasteiger partial charge in [-0.2, -0.15) is 18.0 Å². The van der Waals surface area contributed by atoms with Gasteiger partial charge in [-0.1, -0.05) is 11.6 Å². The fourth-order valence-electron chi connectivity index (χ4n) is 2.14. The number of nitrogens with one attached hydrogen (secondary N) is 1. The largest absolute Gasteiger partial charge is 0.416 e. The summed E-state index contributed by atoms with van der Waals surface area (Å²) in [5.41, 5.74) is -0.640. The Labute approximate surface area is 154 Å². The third kappa shape index (κ3) is 4.59. The Morgan fingerprint density at radius 1 is 1.15 bits per heavy atom. The van der Waals surface area contributed by atoms with Crippen LogP contribution in [0.5, 0.6) is 0 Å². The summed E-state index contributed by atoms with van der Waals surface area (Å²) >= 11 is 5.83. The van der Waals surface area contributed by atoms with Crippen molar-refractivity contribution in [2.75, 3.05) is 5.32 Å². The van der Waals surface area contributed by atoms with Gasteiger partial charge in [0.25, 0.3) is 0 Å². The second kappa shape index (κ2) is 7.31. The van der Waals surface area contributed by atoms with E-state index in [2.05, 4.69) is 20.7 Å². The van der Waals surface area contributed by atoms with Crippen LogP contribution in [0.1, 0.15) is 5.56 Å². The molecule has 27 heavy (non-hydrogen) atoms. The number of halogens is 5. The standard InChI is InChI=1S/C16H10ClF4N5O/c17-12-6-3-10(16(19,20)21)7-13(12)22-14(27)8-26-24-15(23-25-26)9-1-4-11(18)5-2-9/h1-7H,8H2,(H,22,27). The molecule has 140 valence electrons. The van der Waals surface area contributed by atoms with Crippen molar-refractivity contribution in [1.29, 1.82) is 0 Å². The number of tetrazole rings is 1. The predicted octanol–water partition coefficient (Wildman–Crippen LogP) is 3.79. The number of aromatic nitrogens is 4. The molecule has 0 saturated heterocycles. The van der Waals surface area contributed by atoms with Crippen LogP contribution in [0, 0.1) is 5.82 Å². The lowest BCUT2D eigenvalue weighted by atomic mass is 10.2. The first-order valence-corrected chi connectivity index (χ1v) is 7.80. The van der Waals surface area contributed by atoms with Gasteiger partial charge in [0.2, 0.25) is 11.7 Å². The number of benzene rings is 2. The van der Waals surface area contributed by atoms with Gasteiger partial charge < -0.3 is 5.32 Å². The highest BCUT2D eigenvalue weighted by atomic mass is 35.5. The second-order valence-corrected chi connectivity index (χ2v) is 5.80. The minimum absolute atomic E-state index is 0.0464. The number of carbonyl (C=O) groups is 1. The number of nitrogens with zero attached hydrogens (tertiary/aromatic N) is 4. The van der Waals surface area contributed by atoms with E-state index < -0.39 is 30.0 Å². The van der Waals surface area contributed by atoms with Gasteiger partial charge in [-0.15, -0.1) is 10.2 Å². The average molecular weight is 400 g/mol. The Morgan fingerprint density at radius 3 is 2.52 bits per heavy atom. The van der Waals surface area contributed by atoms with Crippen molar-refractivity contribution >= 4 is 23.2 Å². The first-order valence-electron chi connectivity index (χ1n) is 7.43. The summed E-state index contributed by atoms with van der Waals surface area (Å²) in [5.74, 6) is -0.956. The van der Waals surface area contributed by atoms with Crippen LogP contribution < -0.4 is 5.32 Å². The van der Waals surface area contributed by atoms with Crippen molar-refractivity contribution in [3.63, 3.8) is 0 Å². The minimum atomic E-state index is -4.57. The van der Waals surface area contributed by atoms with Crippen LogP contribution in [0.15, 0.2) is 42.5 Å². The lowest BCUT2D eigenvalue weighted by Gasteiger charge is -2.11. The summed E-state index contributed by atoms with van der Waals surface area (Å²) in [6.45, 7) is -0.402. The molecule has 0 aliphatic heterocycles. The van der Waals surface area contributed by atoms with Crippen LogP contribution in [0.4, 0.5) is 23.2 Å². The number of carbonyl (C=O) groups excluding carboxylic acids is 1. The van der Waals surface area contributed by atoms with Crippen molar-refractivity contribution in [3.8, 4) is 11.4 Å². The van der Waals surface area contributed by atoms with Gasteiger partial charge in [-0.3, -0.25) is 4.79 Å². The molecule has 0 fully saturated rings. The van der Waals surface area contributed by atoms with E-state index in [1.807, 2.05) is 0 Å². The molecular weight excluding hydrogens is 390 g/mol. The summed E-state index contributed by atoms with van der Waals surface area (Å²) in [5, 5.41) is 13.6. The van der Waals surface area contributed by atoms with Crippen LogP contribution in [0.2, 0.25) is 5.02 Å². The van der Waals surface area contributed by atoms with E-state index >= 15 is 0 Å². The Balaban J connectivity index is 1.71. The highest BCUT2D eigenvalue weighted by molar-refractivity contribution is 6.33. The normalized spacial score (nSPS) is 11.4. The van der Waals surface area contributed by atoms with Crippen LogP contribution in [-0.4, -0.2) is 26.1 Å². The average Bonchev–Trinajstić information content (AvgIpc) is 3.04. The summed E-state index contributed by atoms with van der Waals surface area (Å²) in [4.78, 5) is 13.0. The lowest BCUT2D eigenvalue weighted by molar-refractivity contribution is -0.137. The summed E-state index contributed by atoms with van der Waals surface area (Å²) in [6.07, 6.45) is -4.57. The number of hydrogen-bond acceptors (Lipinski definition) is 4. The number of rotatable bonds is 4. The van der Waals surface area contributed by atoms with Crippen molar-refractivity contribution in [2.24, 2.45) is 0 Å². The molecule has 1 amide bonds. The van der Waals surface area contributed by atoms with Crippen molar-refractivity contribution in [2.45, 2.75) is 12.7 Å². The molecule has 0 spiro atoms. The van der Waals surface area contributed by atoms with Crippen molar-refractivity contribution in [1.82, 2.24) is 20.2 Å². The molecule has 0 aliphatic rings. The molecule has 0 atom stereocenters. The quantitative estimate of drug-likeness (QED) is 0.677. The van der Waals surface area contributed by atoms with Crippen LogP contribution in [0.3, 0.4) is 0 Å². The second-order valence-electron chi connectivity index (χ2n) is 5.39. The fraction of sp³-hybridized carbons (Fsp3) is 0.125. The monoisotopic (exact) mass is 399 g/mol. The first kappa shape index (κ1) is 18.8. The Morgan fingerprint density at radius 2 is 1.85 bits per heavy atom. The maximum Gasteiger partial charge on any atom is 0.416 e. The molecular formula is C16H10ClF4N5O. The third-order valence-corrected chi connectivity index (χ3v) is 3.74. The molecule has 3 aromatic rings. The van der Waals surface area contributed by atoms with E-state index in [0.29, 0.717) is 5.56 Å². The number of amides is 1. The van der Waals surface area contributed by atoms with E-state index in [1.54, 1.807) is 0 Å². The van der Waals surface area contributed by atoms with Crippen LogP contribution in [0.25, 0.3) is 11.4 Å². The summed E-state index contributed by atoms with van der Waals surface area (Å²) in [6, 6.07) is 7.92. The van der Waals surface area contributed by atoms with Gasteiger partial charge in [0.15, 0.2) is 0 Å². The molecule has 1 heterocycles. The number of hydrogen-bond donors (Lipinski definition) is 1. The smallest absolute Gasteiger partial charge is 0.323 e. The van der Waals surface area contributed by atoms with Crippen LogP contribution >= 0.6 is 11.6 Å². The summed E-state index contributed by atoms with van der Waals surface area (Å²) in [7, 11) is 0. The lowest BCUT2D eigenvalue weighted by Crippen LogP contribution is -2.21. The third-order valence-electron chi connectivity index (χ3n) is 3.41. The Bertz CT molecular complexity index is 972. The zero-order valence-electron chi connectivity index (χ0n) is 13.3. The van der Waals surface area contributed by atoms with Gasteiger partial charge in [0.1, 0.15) is 12.4 Å². The highest BCUT2D eigenvalue weighted by Crippen LogP contribution is 2.33. The van der Waals surface area contributed by atoms with Gasteiger partial charge in [0.05, 0.1) is 16.3 Å².